The minimum Gasteiger partial charge on any atom is -0.465 e. The molecule has 0 aliphatic carbocycles. The highest BCUT2D eigenvalue weighted by Gasteiger charge is 2.19. The summed E-state index contributed by atoms with van der Waals surface area (Å²) in [5.74, 6) is -0.637. The van der Waals surface area contributed by atoms with Gasteiger partial charge in [-0.3, -0.25) is 4.72 Å². The monoisotopic (exact) mass is 326 g/mol. The average molecular weight is 327 g/mol. The Morgan fingerprint density at radius 1 is 1.24 bits per heavy atom. The van der Waals surface area contributed by atoms with Crippen LogP contribution in [0.1, 0.15) is 10.4 Å². The van der Waals surface area contributed by atoms with Crippen molar-refractivity contribution in [3.63, 3.8) is 0 Å². The summed E-state index contributed by atoms with van der Waals surface area (Å²) in [6, 6.07) is 8.82. The fourth-order valence-electron chi connectivity index (χ4n) is 1.58. The predicted molar refractivity (Wildman–Crippen MR) is 77.8 cm³/mol. The van der Waals surface area contributed by atoms with Gasteiger partial charge in [-0.1, -0.05) is 23.7 Å². The number of nitrogens with one attached hydrogen (secondary N) is 1. The van der Waals surface area contributed by atoms with E-state index in [9.17, 15) is 13.2 Å². The number of aromatic nitrogens is 1. The summed E-state index contributed by atoms with van der Waals surface area (Å²) in [4.78, 5) is 15.3. The van der Waals surface area contributed by atoms with Crippen LogP contribution in [0.5, 0.6) is 0 Å². The number of halogens is 1. The first-order chi connectivity index (χ1) is 9.94. The van der Waals surface area contributed by atoms with Gasteiger partial charge in [0.2, 0.25) is 0 Å². The summed E-state index contributed by atoms with van der Waals surface area (Å²) in [5, 5.41) is 0.184. The second-order valence-electron chi connectivity index (χ2n) is 3.96. The van der Waals surface area contributed by atoms with Gasteiger partial charge in [-0.05, 0) is 24.3 Å². The molecule has 0 atom stereocenters. The molecule has 0 spiro atoms. The van der Waals surface area contributed by atoms with E-state index in [1.165, 1.54) is 31.4 Å². The van der Waals surface area contributed by atoms with Gasteiger partial charge in [-0.15, -0.1) is 0 Å². The normalized spacial score (nSPS) is 11.0. The van der Waals surface area contributed by atoms with E-state index >= 15 is 0 Å². The number of anilines is 1. The number of ether oxygens (including phenoxy) is 1. The highest BCUT2D eigenvalue weighted by atomic mass is 35.5. The average Bonchev–Trinajstić information content (AvgIpc) is 2.47. The van der Waals surface area contributed by atoms with Crippen LogP contribution in [-0.2, 0) is 14.8 Å². The lowest BCUT2D eigenvalue weighted by Crippen LogP contribution is -2.16. The van der Waals surface area contributed by atoms with Gasteiger partial charge in [0.25, 0.3) is 10.0 Å². The van der Waals surface area contributed by atoms with E-state index in [1.807, 2.05) is 0 Å². The zero-order valence-corrected chi connectivity index (χ0v) is 12.5. The first kappa shape index (κ1) is 15.3. The second kappa shape index (κ2) is 6.11. The Morgan fingerprint density at radius 2 is 1.95 bits per heavy atom. The maximum Gasteiger partial charge on any atom is 0.339 e. The summed E-state index contributed by atoms with van der Waals surface area (Å²) >= 11 is 5.62. The summed E-state index contributed by atoms with van der Waals surface area (Å²) in [6.45, 7) is 0. The Balaban J connectivity index is 2.37. The molecular formula is C13H11ClN2O4S. The van der Waals surface area contributed by atoms with Gasteiger partial charge in [0, 0.05) is 6.20 Å². The minimum atomic E-state index is -3.87. The molecule has 6 nitrogen and oxygen atoms in total. The number of pyridine rings is 1. The van der Waals surface area contributed by atoms with Gasteiger partial charge in [0.1, 0.15) is 10.0 Å². The number of benzene rings is 1. The van der Waals surface area contributed by atoms with E-state index in [4.69, 9.17) is 11.6 Å². The smallest absolute Gasteiger partial charge is 0.339 e. The first-order valence-corrected chi connectivity index (χ1v) is 7.62. The molecule has 1 aromatic carbocycles. The molecule has 0 fully saturated rings. The lowest BCUT2D eigenvalue weighted by Gasteiger charge is -2.11. The summed E-state index contributed by atoms with van der Waals surface area (Å²) in [5.41, 5.74) is 0.241. The maximum absolute atomic E-state index is 12.2. The highest BCUT2D eigenvalue weighted by Crippen LogP contribution is 2.21. The molecule has 0 unspecified atom stereocenters. The molecule has 8 heteroatoms. The van der Waals surface area contributed by atoms with Gasteiger partial charge in [-0.25, -0.2) is 18.2 Å². The van der Waals surface area contributed by atoms with Crippen LogP contribution in [0.25, 0.3) is 0 Å². The Morgan fingerprint density at radius 3 is 2.57 bits per heavy atom. The van der Waals surface area contributed by atoms with Crippen LogP contribution in [0.2, 0.25) is 5.15 Å². The van der Waals surface area contributed by atoms with Crippen LogP contribution in [-0.4, -0.2) is 26.5 Å². The molecule has 0 amide bonds. The number of hydrogen-bond donors (Lipinski definition) is 1. The van der Waals surface area contributed by atoms with Gasteiger partial charge < -0.3 is 4.74 Å². The van der Waals surface area contributed by atoms with Crippen LogP contribution < -0.4 is 4.72 Å². The lowest BCUT2D eigenvalue weighted by atomic mass is 10.2. The molecule has 1 heterocycles. The number of esters is 1. The Kier molecular flexibility index (Phi) is 4.44. The van der Waals surface area contributed by atoms with Crippen LogP contribution in [0.15, 0.2) is 47.5 Å². The van der Waals surface area contributed by atoms with Crippen molar-refractivity contribution < 1.29 is 17.9 Å². The van der Waals surface area contributed by atoms with Crippen molar-refractivity contribution in [1.29, 1.82) is 0 Å². The predicted octanol–water partition coefficient (Wildman–Crippen LogP) is 2.32. The quantitative estimate of drug-likeness (QED) is 0.688. The molecule has 1 N–H and O–H groups in total. The van der Waals surface area contributed by atoms with E-state index in [1.54, 1.807) is 12.1 Å². The van der Waals surface area contributed by atoms with Crippen molar-refractivity contribution >= 4 is 33.3 Å². The molecule has 0 radical (unpaired) electrons. The van der Waals surface area contributed by atoms with Crippen LogP contribution >= 0.6 is 11.6 Å². The molecule has 0 saturated heterocycles. The number of rotatable bonds is 4. The molecule has 2 rings (SSSR count). The molecule has 0 aliphatic rings. The number of methoxy groups -OCH3 is 1. The van der Waals surface area contributed by atoms with Crippen molar-refractivity contribution in [1.82, 2.24) is 4.98 Å². The lowest BCUT2D eigenvalue weighted by molar-refractivity contribution is 0.0602. The highest BCUT2D eigenvalue weighted by molar-refractivity contribution is 7.92. The van der Waals surface area contributed by atoms with Crippen molar-refractivity contribution in [3.05, 3.63) is 53.3 Å². The largest absolute Gasteiger partial charge is 0.465 e. The number of sulfonamides is 1. The number of nitrogens with zero attached hydrogens (tertiary/aromatic N) is 1. The number of carbonyl (C=O) groups is 1. The molecule has 21 heavy (non-hydrogen) atoms. The molecule has 0 aliphatic heterocycles. The zero-order chi connectivity index (χ0) is 15.5. The molecule has 2 aromatic rings. The molecule has 1 aromatic heterocycles. The fraction of sp³-hybridized carbons (Fsp3) is 0.0769. The van der Waals surface area contributed by atoms with Crippen molar-refractivity contribution in [2.45, 2.75) is 4.90 Å². The second-order valence-corrected chi connectivity index (χ2v) is 6.03. The Bertz CT molecular complexity index is 760. The molecule has 0 bridgehead atoms. The maximum atomic E-state index is 12.2. The standard InChI is InChI=1S/C13H11ClN2O4S/c1-20-13(17)10-4-2-3-5-11(10)16-21(18,19)9-6-7-12(14)15-8-9/h2-8,16H,1H3. The van der Waals surface area contributed by atoms with Crippen molar-refractivity contribution in [2.75, 3.05) is 11.8 Å². The Labute approximate surface area is 126 Å². The fourth-order valence-corrected chi connectivity index (χ4v) is 2.72. The summed E-state index contributed by atoms with van der Waals surface area (Å²) < 4.78 is 31.4. The SMILES string of the molecule is COC(=O)c1ccccc1NS(=O)(=O)c1ccc(Cl)nc1. The van der Waals surface area contributed by atoms with Crippen molar-refractivity contribution in [3.8, 4) is 0 Å². The molecule has 0 saturated carbocycles. The van der Waals surface area contributed by atoms with Crippen LogP contribution in [0, 0.1) is 0 Å². The van der Waals surface area contributed by atoms with E-state index in [-0.39, 0.29) is 21.3 Å². The topological polar surface area (TPSA) is 85.4 Å². The van der Waals surface area contributed by atoms with E-state index in [2.05, 4.69) is 14.4 Å². The van der Waals surface area contributed by atoms with Gasteiger partial charge in [0.15, 0.2) is 0 Å². The van der Waals surface area contributed by atoms with Crippen LogP contribution in [0.4, 0.5) is 5.69 Å². The Hall–Kier alpha value is -2.12. The van der Waals surface area contributed by atoms with Crippen molar-refractivity contribution in [2.24, 2.45) is 0 Å². The number of hydrogen-bond acceptors (Lipinski definition) is 5. The number of para-hydroxylation sites is 1. The molecule has 110 valence electrons. The van der Waals surface area contributed by atoms with Gasteiger partial charge >= 0.3 is 5.97 Å². The van der Waals surface area contributed by atoms with Crippen LogP contribution in [0.3, 0.4) is 0 Å². The number of carbonyl (C=O) groups excluding carboxylic acids is 1. The van der Waals surface area contributed by atoms with E-state index in [0.29, 0.717) is 0 Å². The minimum absolute atomic E-state index is 0.0634. The third kappa shape index (κ3) is 3.50. The van der Waals surface area contributed by atoms with Gasteiger partial charge in [0.05, 0.1) is 18.4 Å². The zero-order valence-electron chi connectivity index (χ0n) is 10.9. The molecular weight excluding hydrogens is 316 g/mol. The summed E-state index contributed by atoms with van der Waals surface area (Å²) in [6.07, 6.45) is 1.13. The van der Waals surface area contributed by atoms with E-state index < -0.39 is 16.0 Å². The third-order valence-electron chi connectivity index (χ3n) is 2.59. The van der Waals surface area contributed by atoms with Gasteiger partial charge in [-0.2, -0.15) is 0 Å². The third-order valence-corrected chi connectivity index (χ3v) is 4.16. The first-order valence-electron chi connectivity index (χ1n) is 5.76. The van der Waals surface area contributed by atoms with E-state index in [0.717, 1.165) is 6.20 Å². The summed E-state index contributed by atoms with van der Waals surface area (Å²) in [7, 11) is -2.65.